The zero-order valence-electron chi connectivity index (χ0n) is 14.6. The number of nitro groups is 1. The zero-order chi connectivity index (χ0) is 19.1. The molecular formula is C19H20N2O5. The van der Waals surface area contributed by atoms with Gasteiger partial charge in [-0.15, -0.1) is 0 Å². The standard InChI is InChI=1S/C19H20N2O5/c1-3-4-9-26-19(23)14-5-7-16(8-6-14)20-12-15-10-13(2)11-17(18(15)22)21(24)25/h5-8,10-12,22H,3-4,9H2,1-2H3. The first-order valence-electron chi connectivity index (χ1n) is 8.21. The van der Waals surface area contributed by atoms with Gasteiger partial charge < -0.3 is 9.84 Å². The fourth-order valence-electron chi connectivity index (χ4n) is 2.24. The number of aliphatic imine (C=N–C) groups is 1. The topological polar surface area (TPSA) is 102 Å². The van der Waals surface area contributed by atoms with E-state index < -0.39 is 10.7 Å². The lowest BCUT2D eigenvalue weighted by Gasteiger charge is -2.04. The van der Waals surface area contributed by atoms with Gasteiger partial charge in [0.25, 0.3) is 0 Å². The van der Waals surface area contributed by atoms with Crippen LogP contribution < -0.4 is 0 Å². The number of esters is 1. The van der Waals surface area contributed by atoms with E-state index in [1.165, 1.54) is 12.3 Å². The van der Waals surface area contributed by atoms with E-state index in [-0.39, 0.29) is 17.2 Å². The molecule has 0 bridgehead atoms. The molecule has 7 nitrogen and oxygen atoms in total. The molecule has 1 N–H and O–H groups in total. The van der Waals surface area contributed by atoms with Crippen molar-refractivity contribution in [1.82, 2.24) is 0 Å². The summed E-state index contributed by atoms with van der Waals surface area (Å²) in [7, 11) is 0. The molecule has 136 valence electrons. The number of aromatic hydroxyl groups is 1. The fourth-order valence-corrected chi connectivity index (χ4v) is 2.24. The van der Waals surface area contributed by atoms with Gasteiger partial charge in [0.05, 0.1) is 22.8 Å². The Kier molecular flexibility index (Phi) is 6.43. The van der Waals surface area contributed by atoms with E-state index in [1.54, 1.807) is 37.3 Å². The lowest BCUT2D eigenvalue weighted by atomic mass is 10.1. The molecule has 0 radical (unpaired) electrons. The van der Waals surface area contributed by atoms with E-state index >= 15 is 0 Å². The summed E-state index contributed by atoms with van der Waals surface area (Å²) in [5.41, 5.74) is 1.49. The van der Waals surface area contributed by atoms with Crippen molar-refractivity contribution in [2.75, 3.05) is 6.61 Å². The molecule has 0 aromatic heterocycles. The summed E-state index contributed by atoms with van der Waals surface area (Å²) < 4.78 is 5.13. The molecule has 0 spiro atoms. The van der Waals surface area contributed by atoms with Crippen LogP contribution in [0.1, 0.15) is 41.3 Å². The molecule has 0 aliphatic heterocycles. The van der Waals surface area contributed by atoms with Crippen LogP contribution in [-0.2, 0) is 4.74 Å². The maximum Gasteiger partial charge on any atom is 0.338 e. The monoisotopic (exact) mass is 356 g/mol. The van der Waals surface area contributed by atoms with Crippen molar-refractivity contribution >= 4 is 23.6 Å². The number of phenols is 1. The SMILES string of the molecule is CCCCOC(=O)c1ccc(N=Cc2cc(C)cc([N+](=O)[O-])c2O)cc1. The lowest BCUT2D eigenvalue weighted by molar-refractivity contribution is -0.385. The Morgan fingerprint density at radius 3 is 2.62 bits per heavy atom. The van der Waals surface area contributed by atoms with Crippen molar-refractivity contribution in [3.8, 4) is 5.75 Å². The summed E-state index contributed by atoms with van der Waals surface area (Å²) in [4.78, 5) is 26.3. The summed E-state index contributed by atoms with van der Waals surface area (Å²) >= 11 is 0. The van der Waals surface area contributed by atoms with Crippen LogP contribution in [0.2, 0.25) is 0 Å². The third-order valence-corrected chi connectivity index (χ3v) is 3.65. The molecule has 2 aromatic carbocycles. The zero-order valence-corrected chi connectivity index (χ0v) is 14.6. The third kappa shape index (κ3) is 4.89. The summed E-state index contributed by atoms with van der Waals surface area (Å²) in [5.74, 6) is -0.818. The molecule has 26 heavy (non-hydrogen) atoms. The Bertz CT molecular complexity index is 829. The first-order chi connectivity index (χ1) is 12.4. The minimum absolute atomic E-state index is 0.250. The molecule has 0 saturated heterocycles. The van der Waals surface area contributed by atoms with Gasteiger partial charge in [-0.3, -0.25) is 15.1 Å². The molecule has 2 aromatic rings. The Morgan fingerprint density at radius 1 is 1.31 bits per heavy atom. The number of unbranched alkanes of at least 4 members (excludes halogenated alkanes) is 1. The molecule has 0 aliphatic rings. The maximum absolute atomic E-state index is 11.8. The summed E-state index contributed by atoms with van der Waals surface area (Å²) in [6.07, 6.45) is 3.12. The molecule has 0 fully saturated rings. The predicted octanol–water partition coefficient (Wildman–Crippen LogP) is 4.32. The highest BCUT2D eigenvalue weighted by atomic mass is 16.6. The van der Waals surface area contributed by atoms with Crippen LogP contribution in [0.3, 0.4) is 0 Å². The van der Waals surface area contributed by atoms with E-state index in [4.69, 9.17) is 4.74 Å². The second kappa shape index (κ2) is 8.75. The highest BCUT2D eigenvalue weighted by Gasteiger charge is 2.17. The van der Waals surface area contributed by atoms with Gasteiger partial charge in [-0.25, -0.2) is 4.79 Å². The van der Waals surface area contributed by atoms with Crippen molar-refractivity contribution < 1.29 is 19.6 Å². The van der Waals surface area contributed by atoms with E-state index in [0.717, 1.165) is 12.8 Å². The third-order valence-electron chi connectivity index (χ3n) is 3.65. The molecule has 0 aliphatic carbocycles. The number of phenolic OH excluding ortho intramolecular Hbond substituents is 1. The number of hydrogen-bond acceptors (Lipinski definition) is 6. The lowest BCUT2D eigenvalue weighted by Crippen LogP contribution is -2.05. The van der Waals surface area contributed by atoms with Gasteiger partial charge in [0.15, 0.2) is 0 Å². The van der Waals surface area contributed by atoms with Crippen molar-refractivity contribution in [3.05, 3.63) is 63.2 Å². The first-order valence-corrected chi connectivity index (χ1v) is 8.21. The molecule has 2 rings (SSSR count). The highest BCUT2D eigenvalue weighted by molar-refractivity contribution is 5.90. The quantitative estimate of drug-likeness (QED) is 0.262. The van der Waals surface area contributed by atoms with E-state index in [1.807, 2.05) is 6.92 Å². The van der Waals surface area contributed by atoms with Crippen molar-refractivity contribution in [2.45, 2.75) is 26.7 Å². The number of hydrogen-bond donors (Lipinski definition) is 1. The average Bonchev–Trinajstić information content (AvgIpc) is 2.62. The minimum Gasteiger partial charge on any atom is -0.502 e. The Labute approximate surface area is 151 Å². The summed E-state index contributed by atoms with van der Waals surface area (Å²) in [6.45, 7) is 4.10. The van der Waals surface area contributed by atoms with Crippen LogP contribution in [0.5, 0.6) is 5.75 Å². The minimum atomic E-state index is -0.640. The molecule has 0 amide bonds. The second-order valence-corrected chi connectivity index (χ2v) is 5.77. The number of nitrogens with zero attached hydrogens (tertiary/aromatic N) is 2. The molecular weight excluding hydrogens is 336 g/mol. The second-order valence-electron chi connectivity index (χ2n) is 5.77. The van der Waals surface area contributed by atoms with Crippen LogP contribution in [0, 0.1) is 17.0 Å². The molecule has 0 saturated carbocycles. The van der Waals surface area contributed by atoms with Gasteiger partial charge in [0, 0.05) is 17.8 Å². The van der Waals surface area contributed by atoms with Gasteiger partial charge in [-0.2, -0.15) is 0 Å². The number of carbonyl (C=O) groups is 1. The summed E-state index contributed by atoms with van der Waals surface area (Å²) in [5, 5.41) is 20.9. The maximum atomic E-state index is 11.8. The number of nitro benzene ring substituents is 1. The smallest absolute Gasteiger partial charge is 0.338 e. The van der Waals surface area contributed by atoms with Gasteiger partial charge in [-0.05, 0) is 49.2 Å². The number of aryl methyl sites for hydroxylation is 1. The molecule has 0 unspecified atom stereocenters. The summed E-state index contributed by atoms with van der Waals surface area (Å²) in [6, 6.07) is 9.36. The van der Waals surface area contributed by atoms with Crippen molar-refractivity contribution in [3.63, 3.8) is 0 Å². The first kappa shape index (κ1) is 19.1. The van der Waals surface area contributed by atoms with Crippen LogP contribution in [-0.4, -0.2) is 28.8 Å². The van der Waals surface area contributed by atoms with Crippen LogP contribution in [0.4, 0.5) is 11.4 Å². The fraction of sp³-hybridized carbons (Fsp3) is 0.263. The Hall–Kier alpha value is -3.22. The number of carbonyl (C=O) groups excluding carboxylic acids is 1. The molecule has 0 atom stereocenters. The van der Waals surface area contributed by atoms with E-state index in [0.29, 0.717) is 23.4 Å². The highest BCUT2D eigenvalue weighted by Crippen LogP contribution is 2.30. The van der Waals surface area contributed by atoms with Gasteiger partial charge in [0.1, 0.15) is 0 Å². The number of benzene rings is 2. The normalized spacial score (nSPS) is 10.8. The Morgan fingerprint density at radius 2 is 2.00 bits per heavy atom. The predicted molar refractivity (Wildman–Crippen MR) is 98.4 cm³/mol. The number of ether oxygens (including phenoxy) is 1. The average molecular weight is 356 g/mol. The van der Waals surface area contributed by atoms with Crippen LogP contribution in [0.25, 0.3) is 0 Å². The van der Waals surface area contributed by atoms with Crippen molar-refractivity contribution in [1.29, 1.82) is 0 Å². The van der Waals surface area contributed by atoms with Gasteiger partial charge in [-0.1, -0.05) is 13.3 Å². The van der Waals surface area contributed by atoms with E-state index in [2.05, 4.69) is 4.99 Å². The largest absolute Gasteiger partial charge is 0.502 e. The van der Waals surface area contributed by atoms with Gasteiger partial charge >= 0.3 is 11.7 Å². The number of rotatable bonds is 7. The van der Waals surface area contributed by atoms with Crippen molar-refractivity contribution in [2.24, 2.45) is 4.99 Å². The Balaban J connectivity index is 2.14. The van der Waals surface area contributed by atoms with E-state index in [9.17, 15) is 20.0 Å². The van der Waals surface area contributed by atoms with Crippen LogP contribution in [0.15, 0.2) is 41.4 Å². The molecule has 0 heterocycles. The molecule has 7 heteroatoms. The van der Waals surface area contributed by atoms with Crippen LogP contribution >= 0.6 is 0 Å². The van der Waals surface area contributed by atoms with Gasteiger partial charge in [0.2, 0.25) is 5.75 Å².